The van der Waals surface area contributed by atoms with E-state index < -0.39 is 5.54 Å². The van der Waals surface area contributed by atoms with Crippen LogP contribution in [0.3, 0.4) is 0 Å². The highest BCUT2D eigenvalue weighted by atomic mass is 16.5. The molecule has 1 aromatic carbocycles. The topological polar surface area (TPSA) is 64.0 Å². The van der Waals surface area contributed by atoms with Gasteiger partial charge in [0, 0.05) is 44.0 Å². The summed E-state index contributed by atoms with van der Waals surface area (Å²) >= 11 is 0. The molecule has 41 heavy (non-hydrogen) atoms. The van der Waals surface area contributed by atoms with E-state index in [9.17, 15) is 9.59 Å². The van der Waals surface area contributed by atoms with Gasteiger partial charge in [0.1, 0.15) is 5.75 Å². The van der Waals surface area contributed by atoms with Crippen molar-refractivity contribution in [1.29, 1.82) is 0 Å². The molecule has 0 aliphatic heterocycles. The van der Waals surface area contributed by atoms with Crippen LogP contribution in [0.2, 0.25) is 0 Å². The summed E-state index contributed by atoms with van der Waals surface area (Å²) in [5.41, 5.74) is 1.76. The Morgan fingerprint density at radius 1 is 0.878 bits per heavy atom. The quantitative estimate of drug-likeness (QED) is 0.160. The van der Waals surface area contributed by atoms with Gasteiger partial charge in [-0.2, -0.15) is 0 Å². The molecule has 0 bridgehead atoms. The van der Waals surface area contributed by atoms with Crippen molar-refractivity contribution in [3.05, 3.63) is 53.9 Å². The van der Waals surface area contributed by atoms with Crippen molar-refractivity contribution in [2.45, 2.75) is 111 Å². The normalized spacial score (nSPS) is 11.5. The van der Waals surface area contributed by atoms with Crippen LogP contribution in [0.5, 0.6) is 5.75 Å². The van der Waals surface area contributed by atoms with E-state index in [4.69, 9.17) is 9.47 Å². The van der Waals surface area contributed by atoms with Crippen molar-refractivity contribution in [2.75, 3.05) is 33.9 Å². The molecule has 0 radical (unpaired) electrons. The highest BCUT2D eigenvalue weighted by Gasteiger charge is 2.29. The van der Waals surface area contributed by atoms with Crippen LogP contribution in [0.1, 0.15) is 103 Å². The summed E-state index contributed by atoms with van der Waals surface area (Å²) in [5, 5.41) is 0. The molecule has 0 saturated heterocycles. The summed E-state index contributed by atoms with van der Waals surface area (Å²) in [6.07, 6.45) is 13.4. The molecule has 7 nitrogen and oxygen atoms in total. The van der Waals surface area contributed by atoms with Crippen LogP contribution in [0.4, 0.5) is 0 Å². The fraction of sp³-hybridized carbons (Fsp3) is 0.647. The number of benzene rings is 1. The van der Waals surface area contributed by atoms with Gasteiger partial charge in [-0.05, 0) is 57.0 Å². The molecular weight excluding hydrogens is 514 g/mol. The first-order valence-electron chi connectivity index (χ1n) is 15.5. The third kappa shape index (κ3) is 12.7. The predicted molar refractivity (Wildman–Crippen MR) is 167 cm³/mol. The number of carbonyl (C=O) groups is 2. The van der Waals surface area contributed by atoms with E-state index in [1.807, 2.05) is 56.1 Å². The van der Waals surface area contributed by atoms with Crippen LogP contribution in [-0.4, -0.2) is 65.6 Å². The molecule has 230 valence electrons. The Bertz CT molecular complexity index is 1030. The van der Waals surface area contributed by atoms with Crippen molar-refractivity contribution in [1.82, 2.24) is 14.4 Å². The van der Waals surface area contributed by atoms with Gasteiger partial charge in [-0.1, -0.05) is 70.4 Å². The second kappa shape index (κ2) is 18.6. The Labute approximate surface area is 249 Å². The molecule has 0 spiro atoms. The van der Waals surface area contributed by atoms with E-state index in [1.165, 1.54) is 44.9 Å². The Morgan fingerprint density at radius 3 is 2.20 bits per heavy atom. The van der Waals surface area contributed by atoms with E-state index in [0.29, 0.717) is 32.7 Å². The lowest BCUT2D eigenvalue weighted by atomic mass is 10.0. The van der Waals surface area contributed by atoms with Crippen molar-refractivity contribution >= 4 is 11.8 Å². The molecule has 0 fully saturated rings. The number of methoxy groups -OCH3 is 2. The molecule has 2 amide bonds. The average Bonchev–Trinajstić information content (AvgIpc) is 3.38. The maximum atomic E-state index is 13.7. The average molecular weight is 570 g/mol. The van der Waals surface area contributed by atoms with E-state index >= 15 is 0 Å². The van der Waals surface area contributed by atoms with E-state index in [2.05, 4.69) is 23.6 Å². The Morgan fingerprint density at radius 2 is 1.56 bits per heavy atom. The van der Waals surface area contributed by atoms with Crippen molar-refractivity contribution < 1.29 is 19.1 Å². The van der Waals surface area contributed by atoms with E-state index in [1.54, 1.807) is 19.1 Å². The van der Waals surface area contributed by atoms with Crippen molar-refractivity contribution in [3.8, 4) is 5.75 Å². The highest BCUT2D eigenvalue weighted by Crippen LogP contribution is 2.21. The maximum absolute atomic E-state index is 13.7. The SMILES string of the molecule is CCCCCCCCCCCC(=O)N(CCOC)CC(=O)N(Cc1cccn1Cc1cccc(OC)c1)C(C)(C)C. The lowest BCUT2D eigenvalue weighted by Crippen LogP contribution is -2.50. The third-order valence-corrected chi connectivity index (χ3v) is 7.58. The Balaban J connectivity index is 1.99. The summed E-state index contributed by atoms with van der Waals surface area (Å²) in [6.45, 7) is 10.4. The lowest BCUT2D eigenvalue weighted by Gasteiger charge is -2.37. The molecule has 0 aliphatic rings. The molecular formula is C34H55N3O4. The first kappa shape index (κ1) is 34.4. The minimum absolute atomic E-state index is 0.0357. The van der Waals surface area contributed by atoms with Crippen LogP contribution < -0.4 is 4.74 Å². The zero-order chi connectivity index (χ0) is 30.1. The number of aromatic nitrogens is 1. The smallest absolute Gasteiger partial charge is 0.242 e. The van der Waals surface area contributed by atoms with Crippen LogP contribution in [0.25, 0.3) is 0 Å². The third-order valence-electron chi connectivity index (χ3n) is 7.58. The van der Waals surface area contributed by atoms with E-state index in [-0.39, 0.29) is 18.4 Å². The molecule has 7 heteroatoms. The summed E-state index contributed by atoms with van der Waals surface area (Å²) in [7, 11) is 3.30. The van der Waals surface area contributed by atoms with Gasteiger partial charge in [0.05, 0.1) is 26.8 Å². The summed E-state index contributed by atoms with van der Waals surface area (Å²) in [6, 6.07) is 12.1. The van der Waals surface area contributed by atoms with Crippen LogP contribution >= 0.6 is 0 Å². The second-order valence-electron chi connectivity index (χ2n) is 12.0. The van der Waals surface area contributed by atoms with Gasteiger partial charge in [-0.25, -0.2) is 0 Å². The van der Waals surface area contributed by atoms with Crippen LogP contribution in [0, 0.1) is 0 Å². The number of carbonyl (C=O) groups excluding carboxylic acids is 2. The van der Waals surface area contributed by atoms with Gasteiger partial charge in [0.25, 0.3) is 0 Å². The molecule has 2 rings (SSSR count). The van der Waals surface area contributed by atoms with Gasteiger partial charge in [0.2, 0.25) is 11.8 Å². The van der Waals surface area contributed by atoms with E-state index in [0.717, 1.165) is 29.8 Å². The van der Waals surface area contributed by atoms with Gasteiger partial charge in [0.15, 0.2) is 0 Å². The number of unbranched alkanes of at least 4 members (excludes halogenated alkanes) is 8. The fourth-order valence-corrected chi connectivity index (χ4v) is 5.06. The van der Waals surface area contributed by atoms with Crippen LogP contribution in [-0.2, 0) is 27.4 Å². The fourth-order valence-electron chi connectivity index (χ4n) is 5.06. The first-order chi connectivity index (χ1) is 19.7. The molecule has 0 unspecified atom stereocenters. The van der Waals surface area contributed by atoms with Gasteiger partial charge in [-0.15, -0.1) is 0 Å². The zero-order valence-electron chi connectivity index (χ0n) is 26.6. The molecule has 0 saturated carbocycles. The highest BCUT2D eigenvalue weighted by molar-refractivity contribution is 5.85. The largest absolute Gasteiger partial charge is 0.497 e. The maximum Gasteiger partial charge on any atom is 0.242 e. The summed E-state index contributed by atoms with van der Waals surface area (Å²) in [5.74, 6) is 0.808. The Hall–Kier alpha value is -2.80. The van der Waals surface area contributed by atoms with Gasteiger partial charge in [-0.3, -0.25) is 9.59 Å². The van der Waals surface area contributed by atoms with Gasteiger partial charge < -0.3 is 23.8 Å². The molecule has 0 aliphatic carbocycles. The molecule has 1 heterocycles. The standard InChI is InChI=1S/C34H55N3O4/c1-7-8-9-10-11-12-13-14-15-21-32(38)36(23-24-40-5)28-33(39)37(34(2,3)4)27-30-19-17-22-35(30)26-29-18-16-20-31(25-29)41-6/h16-20,22,25H,7-15,21,23-24,26-28H2,1-6H3. The number of ether oxygens (including phenoxy) is 2. The second-order valence-corrected chi connectivity index (χ2v) is 12.0. The van der Waals surface area contributed by atoms with Crippen LogP contribution in [0.15, 0.2) is 42.6 Å². The summed E-state index contributed by atoms with van der Waals surface area (Å²) < 4.78 is 12.8. The number of hydrogen-bond donors (Lipinski definition) is 0. The predicted octanol–water partition coefficient (Wildman–Crippen LogP) is 7.07. The van der Waals surface area contributed by atoms with Gasteiger partial charge >= 0.3 is 0 Å². The molecule has 1 aromatic heterocycles. The number of amides is 2. The number of hydrogen-bond acceptors (Lipinski definition) is 4. The van der Waals surface area contributed by atoms with Crippen molar-refractivity contribution in [2.24, 2.45) is 0 Å². The molecule has 2 aromatic rings. The zero-order valence-corrected chi connectivity index (χ0v) is 26.6. The Kier molecular flexibility index (Phi) is 15.6. The summed E-state index contributed by atoms with van der Waals surface area (Å²) in [4.78, 5) is 30.5. The first-order valence-corrected chi connectivity index (χ1v) is 15.5. The van der Waals surface area contributed by atoms with Crippen molar-refractivity contribution in [3.63, 3.8) is 0 Å². The lowest BCUT2D eigenvalue weighted by molar-refractivity contribution is -0.144. The minimum atomic E-state index is -0.407. The monoisotopic (exact) mass is 569 g/mol. The minimum Gasteiger partial charge on any atom is -0.497 e. The molecule has 0 N–H and O–H groups in total. The molecule has 0 atom stereocenters. The number of nitrogens with zero attached hydrogens (tertiary/aromatic N) is 3. The number of rotatable bonds is 20.